The minimum Gasteiger partial charge on any atom is -0.356 e. The normalized spacial score (nSPS) is 16.1. The van der Waals surface area contributed by atoms with E-state index < -0.39 is 36.9 Å². The maximum Gasteiger partial charge on any atom is 0.423 e. The molecule has 14 heteroatoms. The number of amides is 2. The van der Waals surface area contributed by atoms with E-state index in [1.54, 1.807) is 30.3 Å². The average Bonchev–Trinajstić information content (AvgIpc) is 3.44. The Hall–Kier alpha value is -3.58. The average molecular weight is 561 g/mol. The number of carbonyl (C=O) groups is 2. The summed E-state index contributed by atoms with van der Waals surface area (Å²) in [6.07, 6.45) is -15.3. The van der Waals surface area contributed by atoms with Gasteiger partial charge in [-0.2, -0.15) is 26.3 Å². The lowest BCUT2D eigenvalue weighted by molar-refractivity contribution is -0.324. The Morgan fingerprint density at radius 2 is 1.79 bits per heavy atom. The number of halogens is 7. The summed E-state index contributed by atoms with van der Waals surface area (Å²) in [5.41, 5.74) is 1.13. The topological polar surface area (TPSA) is 85.2 Å². The van der Waals surface area contributed by atoms with Crippen molar-refractivity contribution in [2.75, 3.05) is 11.9 Å². The lowest BCUT2D eigenvalue weighted by Gasteiger charge is -2.23. The van der Waals surface area contributed by atoms with Crippen molar-refractivity contribution in [3.05, 3.63) is 65.2 Å². The minimum absolute atomic E-state index is 0.0204. The Morgan fingerprint density at radius 3 is 2.39 bits per heavy atom. The number of ether oxygens (including phenoxy) is 1. The third kappa shape index (κ3) is 6.45. The van der Waals surface area contributed by atoms with Crippen LogP contribution in [0, 0.1) is 5.92 Å². The number of alkyl halides is 6. The van der Waals surface area contributed by atoms with Crippen LogP contribution in [0.5, 0.6) is 0 Å². The van der Waals surface area contributed by atoms with E-state index in [2.05, 4.69) is 20.5 Å². The second-order valence-corrected chi connectivity index (χ2v) is 8.92. The van der Waals surface area contributed by atoms with Gasteiger partial charge in [0.2, 0.25) is 17.9 Å². The number of hydrogen-bond donors (Lipinski definition) is 2. The van der Waals surface area contributed by atoms with Crippen molar-refractivity contribution >= 4 is 29.2 Å². The third-order valence-electron chi connectivity index (χ3n) is 5.57. The van der Waals surface area contributed by atoms with Crippen LogP contribution in [0.2, 0.25) is 5.02 Å². The van der Waals surface area contributed by atoms with E-state index in [1.807, 2.05) is 0 Å². The molecule has 1 aromatic heterocycles. The van der Waals surface area contributed by atoms with Crippen LogP contribution < -0.4 is 10.6 Å². The highest BCUT2D eigenvalue weighted by atomic mass is 35.5. The van der Waals surface area contributed by atoms with Crippen molar-refractivity contribution in [3.8, 4) is 16.9 Å². The summed E-state index contributed by atoms with van der Waals surface area (Å²) in [7, 11) is 0. The summed E-state index contributed by atoms with van der Waals surface area (Å²) in [4.78, 5) is 24.0. The van der Waals surface area contributed by atoms with E-state index in [0.29, 0.717) is 16.9 Å². The molecule has 4 rings (SSSR count). The first-order valence-electron chi connectivity index (χ1n) is 11.1. The molecule has 2 N–H and O–H groups in total. The van der Waals surface area contributed by atoms with Crippen LogP contribution in [-0.2, 0) is 20.9 Å². The fourth-order valence-electron chi connectivity index (χ4n) is 3.87. The monoisotopic (exact) mass is 560 g/mol. The molecule has 0 aliphatic carbocycles. The number of aromatic nitrogens is 2. The highest BCUT2D eigenvalue weighted by Gasteiger charge is 2.58. The van der Waals surface area contributed by atoms with Gasteiger partial charge in [0.05, 0.1) is 23.9 Å². The summed E-state index contributed by atoms with van der Waals surface area (Å²) in [6, 6.07) is 14.0. The fourth-order valence-corrected chi connectivity index (χ4v) is 4.13. The molecule has 1 saturated heterocycles. The molecular weight excluding hydrogens is 542 g/mol. The molecule has 7 nitrogen and oxygen atoms in total. The Balaban J connectivity index is 1.66. The van der Waals surface area contributed by atoms with Crippen molar-refractivity contribution in [3.63, 3.8) is 0 Å². The predicted octanol–water partition coefficient (Wildman–Crippen LogP) is 5.28. The molecule has 2 heterocycles. The molecule has 1 fully saturated rings. The highest BCUT2D eigenvalue weighted by molar-refractivity contribution is 6.31. The van der Waals surface area contributed by atoms with E-state index >= 15 is 0 Å². The van der Waals surface area contributed by atoms with E-state index in [0.717, 1.165) is 0 Å². The molecule has 3 aromatic rings. The van der Waals surface area contributed by atoms with Crippen LogP contribution in [0.4, 0.5) is 32.2 Å². The smallest absolute Gasteiger partial charge is 0.356 e. The number of carbonyl (C=O) groups excluding carboxylic acids is 2. The first-order valence-corrected chi connectivity index (χ1v) is 11.5. The second kappa shape index (κ2) is 10.7. The minimum atomic E-state index is -5.65. The number of nitrogens with one attached hydrogen (secondary N) is 2. The largest absolute Gasteiger partial charge is 0.423 e. The van der Waals surface area contributed by atoms with Gasteiger partial charge in [-0.05, 0) is 35.9 Å². The zero-order valence-corrected chi connectivity index (χ0v) is 20.0. The van der Waals surface area contributed by atoms with E-state index in [1.165, 1.54) is 28.9 Å². The predicted molar refractivity (Wildman–Crippen MR) is 124 cm³/mol. The molecule has 202 valence electrons. The highest BCUT2D eigenvalue weighted by Crippen LogP contribution is 2.37. The van der Waals surface area contributed by atoms with Gasteiger partial charge in [-0.25, -0.2) is 4.68 Å². The fraction of sp³-hybridized carbons (Fsp3) is 0.292. The van der Waals surface area contributed by atoms with Gasteiger partial charge >= 0.3 is 12.4 Å². The molecule has 38 heavy (non-hydrogen) atoms. The van der Waals surface area contributed by atoms with Gasteiger partial charge in [0, 0.05) is 29.6 Å². The first kappa shape index (κ1) is 27.5. The van der Waals surface area contributed by atoms with Crippen LogP contribution in [0.3, 0.4) is 0 Å². The summed E-state index contributed by atoms with van der Waals surface area (Å²) < 4.78 is 83.0. The summed E-state index contributed by atoms with van der Waals surface area (Å²) in [5, 5.41) is 9.62. The Morgan fingerprint density at radius 1 is 1.11 bits per heavy atom. The number of hydrogen-bond acceptors (Lipinski definition) is 4. The molecule has 2 amide bonds. The number of benzene rings is 2. The molecule has 1 atom stereocenters. The van der Waals surface area contributed by atoms with Crippen molar-refractivity contribution < 1.29 is 40.7 Å². The van der Waals surface area contributed by atoms with Crippen LogP contribution in [-0.4, -0.2) is 46.6 Å². The molecule has 0 bridgehead atoms. The van der Waals surface area contributed by atoms with Crippen LogP contribution in [0.1, 0.15) is 12.0 Å². The van der Waals surface area contributed by atoms with Gasteiger partial charge in [0.1, 0.15) is 0 Å². The van der Waals surface area contributed by atoms with E-state index in [9.17, 15) is 35.9 Å². The number of rotatable bonds is 7. The van der Waals surface area contributed by atoms with Crippen LogP contribution in [0.15, 0.2) is 54.6 Å². The first-order chi connectivity index (χ1) is 17.8. The Kier molecular flexibility index (Phi) is 7.70. The molecule has 1 aliphatic heterocycles. The second-order valence-electron chi connectivity index (χ2n) is 8.48. The Bertz CT molecular complexity index is 1310. The van der Waals surface area contributed by atoms with E-state index in [4.69, 9.17) is 11.6 Å². The number of anilines is 1. The van der Waals surface area contributed by atoms with Crippen LogP contribution in [0.25, 0.3) is 16.9 Å². The SMILES string of the molecule is O=C1C[C@H](C(=O)Nc2cc(-c3cc(Cl)cc(COC(C(F)(F)F)C(F)(F)F)c3)n(-c3ccccc3)n2)CN1. The summed E-state index contributed by atoms with van der Waals surface area (Å²) in [5.74, 6) is -1.19. The van der Waals surface area contributed by atoms with Crippen molar-refractivity contribution in [2.45, 2.75) is 31.5 Å². The zero-order chi connectivity index (χ0) is 27.7. The van der Waals surface area contributed by atoms with Crippen molar-refractivity contribution in [2.24, 2.45) is 5.92 Å². The number of nitrogens with zero attached hydrogens (tertiary/aromatic N) is 2. The third-order valence-corrected chi connectivity index (χ3v) is 5.79. The van der Waals surface area contributed by atoms with Crippen LogP contribution >= 0.6 is 11.6 Å². The number of para-hydroxylation sites is 1. The molecule has 0 unspecified atom stereocenters. The standard InChI is InChI=1S/C24H19ClF6N4O3/c25-16-7-13(12-38-22(23(26,27)28)24(29,30)31)6-14(8-16)18-10-19(33-21(37)15-9-20(36)32-11-15)34-35(18)17-4-2-1-3-5-17/h1-8,10,15,22H,9,11-12H2,(H,32,36)(H,33,34,37)/t15-/m0/s1. The van der Waals surface area contributed by atoms with Crippen molar-refractivity contribution in [1.29, 1.82) is 0 Å². The molecule has 0 spiro atoms. The molecule has 0 saturated carbocycles. The summed E-state index contributed by atoms with van der Waals surface area (Å²) >= 11 is 6.15. The van der Waals surface area contributed by atoms with E-state index in [-0.39, 0.29) is 35.3 Å². The van der Waals surface area contributed by atoms with Gasteiger partial charge < -0.3 is 15.4 Å². The summed E-state index contributed by atoms with van der Waals surface area (Å²) in [6.45, 7) is -0.853. The zero-order valence-electron chi connectivity index (χ0n) is 19.2. The molecule has 0 radical (unpaired) electrons. The van der Waals surface area contributed by atoms with Gasteiger partial charge in [-0.15, -0.1) is 5.10 Å². The van der Waals surface area contributed by atoms with Gasteiger partial charge in [-0.1, -0.05) is 29.8 Å². The van der Waals surface area contributed by atoms with Crippen molar-refractivity contribution in [1.82, 2.24) is 15.1 Å². The lowest BCUT2D eigenvalue weighted by Crippen LogP contribution is -2.44. The molecule has 1 aliphatic rings. The maximum atomic E-state index is 12.9. The quantitative estimate of drug-likeness (QED) is 0.385. The Labute approximate surface area is 216 Å². The molecular formula is C24H19ClF6N4O3. The lowest BCUT2D eigenvalue weighted by atomic mass is 10.1. The molecule has 2 aromatic carbocycles. The van der Waals surface area contributed by atoms with Gasteiger partial charge in [-0.3, -0.25) is 9.59 Å². The van der Waals surface area contributed by atoms with Gasteiger partial charge in [0.25, 0.3) is 0 Å². The van der Waals surface area contributed by atoms with Gasteiger partial charge in [0.15, 0.2) is 5.82 Å². The maximum absolute atomic E-state index is 12.9.